The number of anilines is 1. The number of rotatable bonds is 2. The molecule has 16 heavy (non-hydrogen) atoms. The first-order chi connectivity index (χ1) is 7.46. The van der Waals surface area contributed by atoms with Gasteiger partial charge in [-0.3, -0.25) is 5.41 Å². The molecule has 0 radical (unpaired) electrons. The van der Waals surface area contributed by atoms with Crippen molar-refractivity contribution in [3.63, 3.8) is 0 Å². The molecule has 86 valence electrons. The molecular formula is C14H20N2. The number of hydrogen-bond donors (Lipinski definition) is 1. The van der Waals surface area contributed by atoms with Crippen LogP contribution in [0.1, 0.15) is 27.7 Å². The Morgan fingerprint density at radius 3 is 2.25 bits per heavy atom. The second-order valence-corrected chi connectivity index (χ2v) is 5.46. The summed E-state index contributed by atoms with van der Waals surface area (Å²) in [5.74, 6) is 1.29. The third-order valence-corrected chi connectivity index (χ3v) is 3.53. The maximum Gasteiger partial charge on any atom is 0.108 e. The number of nitrogens with one attached hydrogen (secondary N) is 1. The molecule has 0 spiro atoms. The summed E-state index contributed by atoms with van der Waals surface area (Å²) in [5.41, 5.74) is 1.15. The zero-order valence-corrected chi connectivity index (χ0v) is 10.5. The van der Waals surface area contributed by atoms with E-state index in [1.54, 1.807) is 0 Å². The van der Waals surface area contributed by atoms with Crippen molar-refractivity contribution in [1.29, 1.82) is 5.41 Å². The standard InChI is InChI=1S/C14H20N2/c1-10(2)12-14(3,4)13(15)16(12)11-8-6-5-7-9-11/h5-10,12,15H,1-4H3. The highest BCUT2D eigenvalue weighted by Gasteiger charge is 2.52. The molecule has 0 aliphatic carbocycles. The Balaban J connectivity index is 2.33. The lowest BCUT2D eigenvalue weighted by atomic mass is 9.68. The van der Waals surface area contributed by atoms with Gasteiger partial charge in [0.2, 0.25) is 0 Å². The fourth-order valence-electron chi connectivity index (χ4n) is 2.86. The van der Waals surface area contributed by atoms with Crippen molar-refractivity contribution in [1.82, 2.24) is 0 Å². The summed E-state index contributed by atoms with van der Waals surface area (Å²) < 4.78 is 0. The smallest absolute Gasteiger partial charge is 0.108 e. The Morgan fingerprint density at radius 2 is 1.75 bits per heavy atom. The van der Waals surface area contributed by atoms with Crippen LogP contribution in [0.2, 0.25) is 0 Å². The largest absolute Gasteiger partial charge is 0.325 e. The Labute approximate surface area is 97.8 Å². The van der Waals surface area contributed by atoms with E-state index < -0.39 is 0 Å². The van der Waals surface area contributed by atoms with Crippen molar-refractivity contribution in [3.8, 4) is 0 Å². The molecule has 1 N–H and O–H groups in total. The van der Waals surface area contributed by atoms with E-state index in [9.17, 15) is 0 Å². The van der Waals surface area contributed by atoms with Crippen LogP contribution in [0, 0.1) is 16.7 Å². The van der Waals surface area contributed by atoms with E-state index in [1.165, 1.54) is 0 Å². The molecule has 1 atom stereocenters. The maximum atomic E-state index is 8.18. The molecule has 0 aromatic heterocycles. The SMILES string of the molecule is CC(C)C1N(c2ccccc2)C(=N)C1(C)C. The van der Waals surface area contributed by atoms with Crippen LogP contribution in [0.5, 0.6) is 0 Å². The van der Waals surface area contributed by atoms with Gasteiger partial charge in [0.1, 0.15) is 5.84 Å². The van der Waals surface area contributed by atoms with Crippen LogP contribution >= 0.6 is 0 Å². The van der Waals surface area contributed by atoms with Gasteiger partial charge in [-0.1, -0.05) is 45.9 Å². The molecule has 1 aliphatic rings. The molecule has 1 unspecified atom stereocenters. The quantitative estimate of drug-likeness (QED) is 0.804. The lowest BCUT2D eigenvalue weighted by Crippen LogP contribution is -2.68. The minimum atomic E-state index is 0.00398. The Bertz CT molecular complexity index is 392. The van der Waals surface area contributed by atoms with Gasteiger partial charge in [0.15, 0.2) is 0 Å². The summed E-state index contributed by atoms with van der Waals surface area (Å²) in [6.45, 7) is 8.79. The van der Waals surface area contributed by atoms with E-state index in [0.29, 0.717) is 12.0 Å². The molecule has 2 heteroatoms. The van der Waals surface area contributed by atoms with Crippen LogP contribution < -0.4 is 4.90 Å². The van der Waals surface area contributed by atoms with Gasteiger partial charge in [-0.05, 0) is 18.1 Å². The molecule has 1 aromatic carbocycles. The van der Waals surface area contributed by atoms with Gasteiger partial charge in [0, 0.05) is 17.1 Å². The Morgan fingerprint density at radius 1 is 1.19 bits per heavy atom. The minimum absolute atomic E-state index is 0.00398. The number of para-hydroxylation sites is 1. The van der Waals surface area contributed by atoms with Gasteiger partial charge in [-0.2, -0.15) is 0 Å². The summed E-state index contributed by atoms with van der Waals surface area (Å²) in [5, 5.41) is 8.18. The van der Waals surface area contributed by atoms with Crippen molar-refractivity contribution in [2.24, 2.45) is 11.3 Å². The number of hydrogen-bond acceptors (Lipinski definition) is 1. The second kappa shape index (κ2) is 3.62. The first-order valence-electron chi connectivity index (χ1n) is 5.89. The summed E-state index contributed by atoms with van der Waals surface area (Å²) in [6.07, 6.45) is 0. The molecule has 2 rings (SSSR count). The van der Waals surface area contributed by atoms with Crippen molar-refractivity contribution in [2.45, 2.75) is 33.7 Å². The summed E-state index contributed by atoms with van der Waals surface area (Å²) in [6, 6.07) is 10.7. The van der Waals surface area contributed by atoms with Crippen molar-refractivity contribution in [3.05, 3.63) is 30.3 Å². The fourth-order valence-corrected chi connectivity index (χ4v) is 2.86. The monoisotopic (exact) mass is 216 g/mol. The molecular weight excluding hydrogens is 196 g/mol. The zero-order chi connectivity index (χ0) is 11.9. The van der Waals surface area contributed by atoms with Crippen molar-refractivity contribution >= 4 is 11.5 Å². The first-order valence-corrected chi connectivity index (χ1v) is 5.89. The van der Waals surface area contributed by atoms with E-state index in [-0.39, 0.29) is 5.41 Å². The number of benzene rings is 1. The summed E-state index contributed by atoms with van der Waals surface area (Å²) >= 11 is 0. The molecule has 2 nitrogen and oxygen atoms in total. The highest BCUT2D eigenvalue weighted by Crippen LogP contribution is 2.45. The predicted molar refractivity (Wildman–Crippen MR) is 69.1 cm³/mol. The minimum Gasteiger partial charge on any atom is -0.325 e. The van der Waals surface area contributed by atoms with E-state index in [1.807, 2.05) is 18.2 Å². The highest BCUT2D eigenvalue weighted by molar-refractivity contribution is 6.07. The summed E-state index contributed by atoms with van der Waals surface area (Å²) in [7, 11) is 0. The first kappa shape index (κ1) is 11.2. The van der Waals surface area contributed by atoms with Crippen LogP contribution in [0.3, 0.4) is 0 Å². The topological polar surface area (TPSA) is 27.1 Å². The van der Waals surface area contributed by atoms with E-state index >= 15 is 0 Å². The normalized spacial score (nSPS) is 23.4. The van der Waals surface area contributed by atoms with Crippen molar-refractivity contribution < 1.29 is 0 Å². The average Bonchev–Trinajstić information content (AvgIpc) is 2.25. The number of amidine groups is 1. The average molecular weight is 216 g/mol. The number of nitrogens with zero attached hydrogens (tertiary/aromatic N) is 1. The molecule has 1 fully saturated rings. The molecule has 1 aliphatic heterocycles. The van der Waals surface area contributed by atoms with Gasteiger partial charge in [-0.15, -0.1) is 0 Å². The molecule has 1 aromatic rings. The van der Waals surface area contributed by atoms with Gasteiger partial charge in [-0.25, -0.2) is 0 Å². The van der Waals surface area contributed by atoms with Gasteiger partial charge in [0.05, 0.1) is 0 Å². The van der Waals surface area contributed by atoms with Crippen LogP contribution in [0.15, 0.2) is 30.3 Å². The second-order valence-electron chi connectivity index (χ2n) is 5.46. The van der Waals surface area contributed by atoms with Crippen LogP contribution in [0.4, 0.5) is 5.69 Å². The Kier molecular flexibility index (Phi) is 2.53. The molecule has 1 heterocycles. The predicted octanol–water partition coefficient (Wildman–Crippen LogP) is 3.53. The summed E-state index contributed by atoms with van der Waals surface area (Å²) in [4.78, 5) is 2.16. The van der Waals surface area contributed by atoms with Gasteiger partial charge < -0.3 is 4.90 Å². The molecule has 0 saturated carbocycles. The molecule has 0 amide bonds. The van der Waals surface area contributed by atoms with E-state index in [0.717, 1.165) is 11.5 Å². The fraction of sp³-hybridized carbons (Fsp3) is 0.500. The van der Waals surface area contributed by atoms with Crippen LogP contribution in [-0.4, -0.2) is 11.9 Å². The molecule has 1 saturated heterocycles. The third kappa shape index (κ3) is 1.44. The highest BCUT2D eigenvalue weighted by atomic mass is 15.3. The Hall–Kier alpha value is -1.31. The zero-order valence-electron chi connectivity index (χ0n) is 10.5. The van der Waals surface area contributed by atoms with E-state index in [2.05, 4.69) is 44.7 Å². The third-order valence-electron chi connectivity index (χ3n) is 3.53. The van der Waals surface area contributed by atoms with Gasteiger partial charge in [0.25, 0.3) is 0 Å². The van der Waals surface area contributed by atoms with Crippen LogP contribution in [-0.2, 0) is 0 Å². The lowest BCUT2D eigenvalue weighted by Gasteiger charge is -2.57. The lowest BCUT2D eigenvalue weighted by molar-refractivity contribution is 0.261. The molecule has 0 bridgehead atoms. The van der Waals surface area contributed by atoms with Gasteiger partial charge >= 0.3 is 0 Å². The maximum absolute atomic E-state index is 8.18. The van der Waals surface area contributed by atoms with E-state index in [4.69, 9.17) is 5.41 Å². The van der Waals surface area contributed by atoms with Crippen molar-refractivity contribution in [2.75, 3.05) is 4.90 Å². The van der Waals surface area contributed by atoms with Crippen LogP contribution in [0.25, 0.3) is 0 Å².